The summed E-state index contributed by atoms with van der Waals surface area (Å²) < 4.78 is 28.5. The first kappa shape index (κ1) is 30.6. The smallest absolute Gasteiger partial charge is 0.465 e. The van der Waals surface area contributed by atoms with Gasteiger partial charge in [-0.25, -0.2) is 14.4 Å². The SMILES string of the molecule is CCOc1nc2cccc(C(=O)OC(C)OC(=O)OC3CCCCC3)c2n1Cc1ccc(-c2ccccc2-c2noc(=O)[nH]2)cc1. The van der Waals surface area contributed by atoms with E-state index in [0.717, 1.165) is 54.4 Å². The molecule has 12 nitrogen and oxygen atoms in total. The molecular formula is C34H34N4O8. The normalized spacial score (nSPS) is 14.1. The number of hydrogen-bond acceptors (Lipinski definition) is 10. The van der Waals surface area contributed by atoms with Gasteiger partial charge in [-0.2, -0.15) is 4.98 Å². The van der Waals surface area contributed by atoms with Crippen LogP contribution >= 0.6 is 0 Å². The fraction of sp³-hybridized carbons (Fsp3) is 0.324. The molecule has 12 heteroatoms. The second kappa shape index (κ2) is 13.7. The lowest BCUT2D eigenvalue weighted by Gasteiger charge is -2.22. The van der Waals surface area contributed by atoms with Crippen molar-refractivity contribution in [3.05, 3.63) is 88.4 Å². The van der Waals surface area contributed by atoms with Crippen molar-refractivity contribution in [2.45, 2.75) is 64.9 Å². The summed E-state index contributed by atoms with van der Waals surface area (Å²) in [7, 11) is 0. The van der Waals surface area contributed by atoms with Crippen LogP contribution < -0.4 is 10.5 Å². The monoisotopic (exact) mass is 626 g/mol. The first-order valence-corrected chi connectivity index (χ1v) is 15.3. The van der Waals surface area contributed by atoms with Crippen LogP contribution in [0.4, 0.5) is 4.79 Å². The minimum Gasteiger partial charge on any atom is -0.465 e. The average Bonchev–Trinajstić information content (AvgIpc) is 3.65. The van der Waals surface area contributed by atoms with Gasteiger partial charge < -0.3 is 18.9 Å². The summed E-state index contributed by atoms with van der Waals surface area (Å²) in [4.78, 5) is 44.5. The van der Waals surface area contributed by atoms with Gasteiger partial charge in [0, 0.05) is 12.5 Å². The Bertz CT molecular complexity index is 1890. The van der Waals surface area contributed by atoms with E-state index in [2.05, 4.69) is 15.1 Å². The minimum atomic E-state index is -1.16. The highest BCUT2D eigenvalue weighted by Gasteiger charge is 2.25. The number of carbonyl (C=O) groups is 2. The average molecular weight is 627 g/mol. The molecule has 1 atom stereocenters. The molecule has 0 saturated heterocycles. The van der Waals surface area contributed by atoms with Gasteiger partial charge in [0.05, 0.1) is 29.7 Å². The number of hydrogen-bond donors (Lipinski definition) is 1. The Morgan fingerprint density at radius 3 is 2.46 bits per heavy atom. The Morgan fingerprint density at radius 1 is 0.978 bits per heavy atom. The maximum Gasteiger partial charge on any atom is 0.511 e. The zero-order chi connectivity index (χ0) is 32.0. The van der Waals surface area contributed by atoms with Gasteiger partial charge in [-0.15, -0.1) is 0 Å². The molecule has 5 aromatic rings. The van der Waals surface area contributed by atoms with E-state index in [9.17, 15) is 14.4 Å². The molecule has 1 unspecified atom stereocenters. The summed E-state index contributed by atoms with van der Waals surface area (Å²) in [6.07, 6.45) is 2.57. The van der Waals surface area contributed by atoms with E-state index in [1.165, 1.54) is 6.92 Å². The van der Waals surface area contributed by atoms with E-state index in [1.54, 1.807) is 18.2 Å². The maximum atomic E-state index is 13.4. The van der Waals surface area contributed by atoms with Gasteiger partial charge in [0.25, 0.3) is 6.01 Å². The van der Waals surface area contributed by atoms with Crippen LogP contribution in [0, 0.1) is 0 Å². The molecule has 0 aliphatic heterocycles. The van der Waals surface area contributed by atoms with Gasteiger partial charge in [0.15, 0.2) is 5.82 Å². The zero-order valence-corrected chi connectivity index (χ0v) is 25.6. The number of imidazole rings is 1. The number of fused-ring (bicyclic) bond motifs is 1. The van der Waals surface area contributed by atoms with Gasteiger partial charge in [0.1, 0.15) is 6.10 Å². The molecule has 2 aromatic heterocycles. The fourth-order valence-corrected chi connectivity index (χ4v) is 5.70. The van der Waals surface area contributed by atoms with Crippen molar-refractivity contribution >= 4 is 23.2 Å². The van der Waals surface area contributed by atoms with E-state index in [-0.39, 0.29) is 11.7 Å². The van der Waals surface area contributed by atoms with E-state index in [1.807, 2.05) is 60.0 Å². The Kier molecular flexibility index (Phi) is 9.13. The molecule has 0 spiro atoms. The maximum absolute atomic E-state index is 13.4. The zero-order valence-electron chi connectivity index (χ0n) is 25.6. The molecule has 0 bridgehead atoms. The quantitative estimate of drug-likeness (QED) is 0.135. The fourth-order valence-electron chi connectivity index (χ4n) is 5.70. The Morgan fingerprint density at radius 2 is 1.74 bits per heavy atom. The van der Waals surface area contributed by atoms with Crippen LogP contribution in [-0.2, 0) is 20.8 Å². The summed E-state index contributed by atoms with van der Waals surface area (Å²) in [5.41, 5.74) is 4.74. The van der Waals surface area contributed by atoms with E-state index < -0.39 is 24.2 Å². The van der Waals surface area contributed by atoms with Gasteiger partial charge in [-0.05, 0) is 61.4 Å². The first-order chi connectivity index (χ1) is 22.4. The van der Waals surface area contributed by atoms with Crippen molar-refractivity contribution in [2.24, 2.45) is 0 Å². The summed E-state index contributed by atoms with van der Waals surface area (Å²) >= 11 is 0. The Balaban J connectivity index is 1.23. The molecule has 1 saturated carbocycles. The standard InChI is InChI=1S/C34H34N4O8/c1-3-42-32-35-28-15-9-14-27(31(39)43-21(2)44-34(41)45-24-10-5-4-6-11-24)29(28)38(32)20-22-16-18-23(19-17-22)25-12-7-8-13-26(25)30-36-33(40)46-37-30/h7-9,12-19,21,24H,3-6,10-11,20H2,1-2H3,(H,36,37,40). The predicted octanol–water partition coefficient (Wildman–Crippen LogP) is 6.48. The van der Waals surface area contributed by atoms with Crippen molar-refractivity contribution in [2.75, 3.05) is 6.61 Å². The van der Waals surface area contributed by atoms with Crippen LogP contribution in [0.2, 0.25) is 0 Å². The van der Waals surface area contributed by atoms with E-state index >= 15 is 0 Å². The van der Waals surface area contributed by atoms with Gasteiger partial charge in [-0.3, -0.25) is 14.1 Å². The van der Waals surface area contributed by atoms with Crippen molar-refractivity contribution in [3.63, 3.8) is 0 Å². The summed E-state index contributed by atoms with van der Waals surface area (Å²) in [5.74, 6) is -0.956. The Labute approximate surface area is 264 Å². The molecule has 0 amide bonds. The molecule has 46 heavy (non-hydrogen) atoms. The number of ether oxygens (including phenoxy) is 4. The first-order valence-electron chi connectivity index (χ1n) is 15.3. The largest absolute Gasteiger partial charge is 0.511 e. The minimum absolute atomic E-state index is 0.174. The summed E-state index contributed by atoms with van der Waals surface area (Å²) in [5, 5.41) is 3.84. The number of aromatic nitrogens is 4. The number of nitrogens with zero attached hydrogens (tertiary/aromatic N) is 3. The van der Waals surface area contributed by atoms with E-state index in [4.69, 9.17) is 23.5 Å². The molecule has 1 aliphatic rings. The number of benzene rings is 3. The number of para-hydroxylation sites is 1. The molecule has 1 N–H and O–H groups in total. The lowest BCUT2D eigenvalue weighted by Crippen LogP contribution is -2.26. The number of esters is 1. The number of nitrogens with one attached hydrogen (secondary N) is 1. The number of rotatable bonds is 10. The van der Waals surface area contributed by atoms with Crippen LogP contribution in [0.25, 0.3) is 33.5 Å². The van der Waals surface area contributed by atoms with Crippen molar-refractivity contribution < 1.29 is 33.1 Å². The third-order valence-electron chi connectivity index (χ3n) is 7.80. The van der Waals surface area contributed by atoms with Crippen molar-refractivity contribution in [3.8, 4) is 28.5 Å². The molecule has 0 radical (unpaired) electrons. The number of H-pyrrole nitrogens is 1. The van der Waals surface area contributed by atoms with Crippen LogP contribution in [0.1, 0.15) is 61.9 Å². The molecule has 2 heterocycles. The van der Waals surface area contributed by atoms with Crippen LogP contribution in [0.5, 0.6) is 6.01 Å². The van der Waals surface area contributed by atoms with E-state index in [0.29, 0.717) is 36.0 Å². The predicted molar refractivity (Wildman–Crippen MR) is 167 cm³/mol. The van der Waals surface area contributed by atoms with Crippen LogP contribution in [0.3, 0.4) is 0 Å². The highest BCUT2D eigenvalue weighted by atomic mass is 16.8. The molecule has 6 rings (SSSR count). The molecule has 1 fully saturated rings. The molecule has 3 aromatic carbocycles. The van der Waals surface area contributed by atoms with Gasteiger partial charge >= 0.3 is 17.9 Å². The highest BCUT2D eigenvalue weighted by molar-refractivity contribution is 6.02. The second-order valence-electron chi connectivity index (χ2n) is 11.0. The number of carbonyl (C=O) groups excluding carboxylic acids is 2. The Hall–Kier alpha value is -5.39. The third kappa shape index (κ3) is 6.80. The lowest BCUT2D eigenvalue weighted by molar-refractivity contribution is -0.0914. The highest BCUT2D eigenvalue weighted by Crippen LogP contribution is 2.31. The second-order valence-corrected chi connectivity index (χ2v) is 11.0. The molecular weight excluding hydrogens is 592 g/mol. The lowest BCUT2D eigenvalue weighted by atomic mass is 9.98. The van der Waals surface area contributed by atoms with Crippen LogP contribution in [-0.4, -0.2) is 50.8 Å². The summed E-state index contributed by atoms with van der Waals surface area (Å²) in [6.45, 7) is 4.05. The van der Waals surface area contributed by atoms with Crippen molar-refractivity contribution in [1.29, 1.82) is 0 Å². The summed E-state index contributed by atoms with van der Waals surface area (Å²) in [6, 6.07) is 20.9. The van der Waals surface area contributed by atoms with Gasteiger partial charge in [-0.1, -0.05) is 66.2 Å². The van der Waals surface area contributed by atoms with Crippen molar-refractivity contribution in [1.82, 2.24) is 19.7 Å². The van der Waals surface area contributed by atoms with Crippen LogP contribution in [0.15, 0.2) is 76.0 Å². The molecule has 1 aliphatic carbocycles. The topological polar surface area (TPSA) is 148 Å². The number of aromatic amines is 1. The molecule has 238 valence electrons. The van der Waals surface area contributed by atoms with Gasteiger partial charge in [0.2, 0.25) is 6.29 Å². The third-order valence-corrected chi connectivity index (χ3v) is 7.80.